The summed E-state index contributed by atoms with van der Waals surface area (Å²) in [6.07, 6.45) is -5.79. The summed E-state index contributed by atoms with van der Waals surface area (Å²) in [4.78, 5) is 24.0. The topological polar surface area (TPSA) is 73.9 Å². The molecule has 0 unspecified atom stereocenters. The van der Waals surface area contributed by atoms with Crippen LogP contribution < -0.4 is 10.1 Å². The van der Waals surface area contributed by atoms with E-state index in [0.717, 1.165) is 12.1 Å². The molecule has 6 nitrogen and oxygen atoms in total. The lowest BCUT2D eigenvalue weighted by atomic mass is 10.1. The Labute approximate surface area is 143 Å². The predicted molar refractivity (Wildman–Crippen MR) is 81.9 cm³/mol. The van der Waals surface area contributed by atoms with Crippen LogP contribution in [0.3, 0.4) is 0 Å². The Bertz CT molecular complexity index is 611. The van der Waals surface area contributed by atoms with Crippen molar-refractivity contribution < 1.29 is 37.0 Å². The highest BCUT2D eigenvalue weighted by Gasteiger charge is 2.32. The minimum Gasteiger partial charge on any atom is -0.464 e. The first-order chi connectivity index (χ1) is 11.4. The lowest BCUT2D eigenvalue weighted by Gasteiger charge is -2.23. The van der Waals surface area contributed by atoms with Crippen molar-refractivity contribution >= 4 is 12.1 Å². The van der Waals surface area contributed by atoms with E-state index in [4.69, 9.17) is 9.47 Å². The van der Waals surface area contributed by atoms with E-state index in [1.807, 2.05) is 0 Å². The zero-order valence-electron chi connectivity index (χ0n) is 14.3. The molecule has 9 heteroatoms. The van der Waals surface area contributed by atoms with Crippen molar-refractivity contribution in [1.82, 2.24) is 5.32 Å². The summed E-state index contributed by atoms with van der Waals surface area (Å²) in [5.74, 6) is -1.36. The Morgan fingerprint density at radius 2 is 1.84 bits per heavy atom. The summed E-state index contributed by atoms with van der Waals surface area (Å²) in [7, 11) is 0. The van der Waals surface area contributed by atoms with Gasteiger partial charge in [0.05, 0.1) is 6.61 Å². The molecule has 1 amide bonds. The average Bonchev–Trinajstić information content (AvgIpc) is 2.41. The standard InChI is InChI=1S/C16H20F3NO5/c1-5-23-13(21)12(20-14(22)25-15(2,3)4)10-7-6-8-11(9-10)24-16(17,18)19/h6-9,12H,5H2,1-4H3,(H,20,22)/t12-/m1/s1. The molecule has 140 valence electrons. The van der Waals surface area contributed by atoms with Crippen LogP contribution in [0.15, 0.2) is 24.3 Å². The Balaban J connectivity index is 3.05. The molecule has 0 bridgehead atoms. The monoisotopic (exact) mass is 363 g/mol. The van der Waals surface area contributed by atoms with Gasteiger partial charge in [-0.1, -0.05) is 12.1 Å². The molecule has 0 saturated heterocycles. The molecule has 1 aromatic carbocycles. The minimum atomic E-state index is -4.88. The molecule has 0 fully saturated rings. The van der Waals surface area contributed by atoms with Crippen molar-refractivity contribution in [2.24, 2.45) is 0 Å². The number of halogens is 3. The molecule has 0 aliphatic heterocycles. The number of hydrogen-bond donors (Lipinski definition) is 1. The normalized spacial score (nSPS) is 12.9. The van der Waals surface area contributed by atoms with Crippen molar-refractivity contribution in [2.45, 2.75) is 45.7 Å². The van der Waals surface area contributed by atoms with Crippen LogP contribution in [0.4, 0.5) is 18.0 Å². The Morgan fingerprint density at radius 3 is 2.36 bits per heavy atom. The second-order valence-electron chi connectivity index (χ2n) is 5.95. The number of benzene rings is 1. The molecule has 0 spiro atoms. The highest BCUT2D eigenvalue weighted by Crippen LogP contribution is 2.26. The van der Waals surface area contributed by atoms with E-state index in [-0.39, 0.29) is 12.2 Å². The number of hydrogen-bond acceptors (Lipinski definition) is 5. The van der Waals surface area contributed by atoms with E-state index < -0.39 is 35.8 Å². The molecule has 0 radical (unpaired) electrons. The van der Waals surface area contributed by atoms with E-state index in [1.165, 1.54) is 12.1 Å². The van der Waals surface area contributed by atoms with Crippen LogP contribution in [-0.4, -0.2) is 30.6 Å². The van der Waals surface area contributed by atoms with E-state index >= 15 is 0 Å². The van der Waals surface area contributed by atoms with Crippen molar-refractivity contribution in [3.8, 4) is 5.75 Å². The number of alkyl halides is 3. The van der Waals surface area contributed by atoms with Gasteiger partial charge in [0.1, 0.15) is 11.4 Å². The number of amides is 1. The highest BCUT2D eigenvalue weighted by molar-refractivity contribution is 5.83. The molecule has 1 aromatic rings. The largest absolute Gasteiger partial charge is 0.573 e. The van der Waals surface area contributed by atoms with Gasteiger partial charge in [0.2, 0.25) is 0 Å². The molecule has 0 aliphatic rings. The molecule has 0 aliphatic carbocycles. The van der Waals surface area contributed by atoms with Crippen LogP contribution in [0.5, 0.6) is 5.75 Å². The van der Waals surface area contributed by atoms with Gasteiger partial charge in [-0.2, -0.15) is 0 Å². The number of carbonyl (C=O) groups is 2. The molecular formula is C16H20F3NO5. The van der Waals surface area contributed by atoms with Crippen LogP contribution in [0.2, 0.25) is 0 Å². The maximum Gasteiger partial charge on any atom is 0.573 e. The highest BCUT2D eigenvalue weighted by atomic mass is 19.4. The Kier molecular flexibility index (Phi) is 6.66. The fraction of sp³-hybridized carbons (Fsp3) is 0.500. The SMILES string of the molecule is CCOC(=O)[C@H](NC(=O)OC(C)(C)C)c1cccc(OC(F)(F)F)c1. The maximum absolute atomic E-state index is 12.3. The average molecular weight is 363 g/mol. The van der Waals surface area contributed by atoms with E-state index in [2.05, 4.69) is 10.1 Å². The first-order valence-corrected chi connectivity index (χ1v) is 7.43. The summed E-state index contributed by atoms with van der Waals surface area (Å²) in [6.45, 7) is 6.48. The molecule has 1 N–H and O–H groups in total. The zero-order chi connectivity index (χ0) is 19.3. The van der Waals surface area contributed by atoms with Gasteiger partial charge in [-0.25, -0.2) is 9.59 Å². The van der Waals surface area contributed by atoms with Gasteiger partial charge < -0.3 is 19.5 Å². The number of alkyl carbamates (subject to hydrolysis) is 1. The smallest absolute Gasteiger partial charge is 0.464 e. The van der Waals surface area contributed by atoms with E-state index in [9.17, 15) is 22.8 Å². The Morgan fingerprint density at radius 1 is 1.20 bits per heavy atom. The van der Waals surface area contributed by atoms with Crippen LogP contribution in [0.1, 0.15) is 39.3 Å². The summed E-state index contributed by atoms with van der Waals surface area (Å²) in [6, 6.07) is 3.35. The third-order valence-corrected chi connectivity index (χ3v) is 2.61. The minimum absolute atomic E-state index is 0.0318. The molecule has 25 heavy (non-hydrogen) atoms. The lowest BCUT2D eigenvalue weighted by Crippen LogP contribution is -2.38. The molecule has 1 rings (SSSR count). The number of rotatable bonds is 5. The van der Waals surface area contributed by atoms with Gasteiger partial charge in [0.15, 0.2) is 6.04 Å². The molecule has 1 atom stereocenters. The van der Waals surface area contributed by atoms with Crippen molar-refractivity contribution in [1.29, 1.82) is 0 Å². The van der Waals surface area contributed by atoms with Gasteiger partial charge in [-0.05, 0) is 45.4 Å². The van der Waals surface area contributed by atoms with Gasteiger partial charge in [0.25, 0.3) is 0 Å². The summed E-state index contributed by atoms with van der Waals surface area (Å²) < 4.78 is 50.8. The fourth-order valence-electron chi connectivity index (χ4n) is 1.82. The lowest BCUT2D eigenvalue weighted by molar-refractivity contribution is -0.274. The molecule has 0 aromatic heterocycles. The molecule has 0 saturated carbocycles. The maximum atomic E-state index is 12.3. The first-order valence-electron chi connectivity index (χ1n) is 7.43. The zero-order valence-corrected chi connectivity index (χ0v) is 14.3. The Hall–Kier alpha value is -2.45. The fourth-order valence-corrected chi connectivity index (χ4v) is 1.82. The second kappa shape index (κ2) is 8.09. The van der Waals surface area contributed by atoms with Gasteiger partial charge in [0, 0.05) is 0 Å². The van der Waals surface area contributed by atoms with Crippen molar-refractivity contribution in [3.05, 3.63) is 29.8 Å². The van der Waals surface area contributed by atoms with Crippen LogP contribution in [0.25, 0.3) is 0 Å². The van der Waals surface area contributed by atoms with Crippen molar-refractivity contribution in [2.75, 3.05) is 6.61 Å². The van der Waals surface area contributed by atoms with Gasteiger partial charge >= 0.3 is 18.4 Å². The first kappa shape index (κ1) is 20.6. The second-order valence-corrected chi connectivity index (χ2v) is 5.95. The van der Waals surface area contributed by atoms with Crippen LogP contribution in [0, 0.1) is 0 Å². The third-order valence-electron chi connectivity index (χ3n) is 2.61. The van der Waals surface area contributed by atoms with Crippen LogP contribution >= 0.6 is 0 Å². The van der Waals surface area contributed by atoms with Gasteiger partial charge in [-0.15, -0.1) is 13.2 Å². The third kappa shape index (κ3) is 7.77. The molecular weight excluding hydrogens is 343 g/mol. The van der Waals surface area contributed by atoms with E-state index in [1.54, 1.807) is 27.7 Å². The number of ether oxygens (including phenoxy) is 3. The molecule has 0 heterocycles. The number of esters is 1. The predicted octanol–water partition coefficient (Wildman–Crippen LogP) is 3.71. The quantitative estimate of drug-likeness (QED) is 0.807. The van der Waals surface area contributed by atoms with Crippen molar-refractivity contribution in [3.63, 3.8) is 0 Å². The number of nitrogens with one attached hydrogen (secondary N) is 1. The number of carbonyl (C=O) groups excluding carboxylic acids is 2. The summed E-state index contributed by atoms with van der Waals surface area (Å²) in [5.41, 5.74) is -0.754. The summed E-state index contributed by atoms with van der Waals surface area (Å²) in [5, 5.41) is 2.29. The van der Waals surface area contributed by atoms with Crippen LogP contribution in [-0.2, 0) is 14.3 Å². The summed E-state index contributed by atoms with van der Waals surface area (Å²) >= 11 is 0. The van der Waals surface area contributed by atoms with Gasteiger partial charge in [-0.3, -0.25) is 0 Å². The van der Waals surface area contributed by atoms with E-state index in [0.29, 0.717) is 0 Å².